The molecule has 0 radical (unpaired) electrons. The zero-order chi connectivity index (χ0) is 12.1. The van der Waals surface area contributed by atoms with Gasteiger partial charge in [-0.3, -0.25) is 5.32 Å². The maximum absolute atomic E-state index is 9.43. The predicted molar refractivity (Wildman–Crippen MR) is 64.3 cm³/mol. The summed E-state index contributed by atoms with van der Waals surface area (Å²) < 4.78 is 10.9. The van der Waals surface area contributed by atoms with E-state index in [4.69, 9.17) is 9.47 Å². The summed E-state index contributed by atoms with van der Waals surface area (Å²) in [6, 6.07) is 10.3. The molecule has 1 aliphatic heterocycles. The van der Waals surface area contributed by atoms with Crippen molar-refractivity contribution in [2.75, 3.05) is 13.2 Å². The first kappa shape index (κ1) is 12.5. The van der Waals surface area contributed by atoms with Crippen LogP contribution in [0.1, 0.15) is 24.9 Å². The Morgan fingerprint density at radius 2 is 2.06 bits per heavy atom. The topological polar surface area (TPSA) is 50.7 Å². The number of hydrogen-bond acceptors (Lipinski definition) is 4. The molecule has 4 nitrogen and oxygen atoms in total. The fraction of sp³-hybridized carbons (Fsp3) is 0.538. The van der Waals surface area contributed by atoms with Crippen molar-refractivity contribution in [3.8, 4) is 0 Å². The van der Waals surface area contributed by atoms with E-state index in [-0.39, 0.29) is 6.04 Å². The molecule has 2 unspecified atom stereocenters. The Hall–Kier alpha value is -0.940. The number of benzene rings is 1. The van der Waals surface area contributed by atoms with E-state index in [1.54, 1.807) is 0 Å². The van der Waals surface area contributed by atoms with Crippen molar-refractivity contribution in [1.29, 1.82) is 0 Å². The molecule has 1 aromatic rings. The van der Waals surface area contributed by atoms with Gasteiger partial charge in [-0.05, 0) is 18.9 Å². The van der Waals surface area contributed by atoms with Crippen LogP contribution in [0.5, 0.6) is 0 Å². The fourth-order valence-electron chi connectivity index (χ4n) is 1.78. The molecule has 0 aliphatic carbocycles. The summed E-state index contributed by atoms with van der Waals surface area (Å²) in [6.07, 6.45) is -0.242. The molecule has 0 spiro atoms. The summed E-state index contributed by atoms with van der Waals surface area (Å²) >= 11 is 0. The summed E-state index contributed by atoms with van der Waals surface area (Å²) in [5, 5.41) is 12.7. The monoisotopic (exact) mass is 237 g/mol. The van der Waals surface area contributed by atoms with Gasteiger partial charge in [0.2, 0.25) is 6.41 Å². The third-order valence-electron chi connectivity index (χ3n) is 2.85. The lowest BCUT2D eigenvalue weighted by atomic mass is 10.1. The van der Waals surface area contributed by atoms with Crippen LogP contribution in [0.25, 0.3) is 0 Å². The average Bonchev–Trinajstić information content (AvgIpc) is 2.56. The maximum atomic E-state index is 9.43. The van der Waals surface area contributed by atoms with Crippen LogP contribution in [-0.4, -0.2) is 30.8 Å². The van der Waals surface area contributed by atoms with Crippen molar-refractivity contribution in [3.63, 3.8) is 0 Å². The molecule has 94 valence electrons. The zero-order valence-corrected chi connectivity index (χ0v) is 10.0. The lowest BCUT2D eigenvalue weighted by molar-refractivity contribution is -0.155. The van der Waals surface area contributed by atoms with Gasteiger partial charge in [0.05, 0.1) is 19.3 Å². The second-order valence-electron chi connectivity index (χ2n) is 4.28. The molecule has 1 heterocycles. The van der Waals surface area contributed by atoms with Crippen LogP contribution in [0, 0.1) is 0 Å². The van der Waals surface area contributed by atoms with Gasteiger partial charge in [-0.1, -0.05) is 30.3 Å². The molecule has 1 aromatic carbocycles. The average molecular weight is 237 g/mol. The molecule has 4 heteroatoms. The molecule has 0 aromatic heterocycles. The highest BCUT2D eigenvalue weighted by Crippen LogP contribution is 2.14. The molecule has 0 bridgehead atoms. The number of rotatable bonds is 3. The van der Waals surface area contributed by atoms with Gasteiger partial charge in [0.25, 0.3) is 0 Å². The number of nitrogens with one attached hydrogen (secondary N) is 1. The molecule has 0 amide bonds. The highest BCUT2D eigenvalue weighted by molar-refractivity contribution is 5.17. The second kappa shape index (κ2) is 6.12. The van der Waals surface area contributed by atoms with E-state index in [1.165, 1.54) is 5.56 Å². The lowest BCUT2D eigenvalue weighted by Gasteiger charge is -2.22. The van der Waals surface area contributed by atoms with Crippen molar-refractivity contribution in [3.05, 3.63) is 35.9 Å². The van der Waals surface area contributed by atoms with Crippen LogP contribution >= 0.6 is 0 Å². The first-order valence-electron chi connectivity index (χ1n) is 5.98. The highest BCUT2D eigenvalue weighted by Gasteiger charge is 2.19. The quantitative estimate of drug-likeness (QED) is 0.834. The van der Waals surface area contributed by atoms with Crippen LogP contribution in [0.2, 0.25) is 0 Å². The largest absolute Gasteiger partial charge is 0.391 e. The van der Waals surface area contributed by atoms with Crippen molar-refractivity contribution in [2.24, 2.45) is 0 Å². The van der Waals surface area contributed by atoms with E-state index in [1.807, 2.05) is 18.2 Å². The maximum Gasteiger partial charge on any atom is 0.216 e. The molecular weight excluding hydrogens is 218 g/mol. The Morgan fingerprint density at radius 3 is 2.82 bits per heavy atom. The normalized spacial score (nSPS) is 27.4. The van der Waals surface area contributed by atoms with Crippen molar-refractivity contribution >= 4 is 0 Å². The van der Waals surface area contributed by atoms with Crippen LogP contribution in [0.3, 0.4) is 0 Å². The minimum absolute atomic E-state index is 0.149. The van der Waals surface area contributed by atoms with Gasteiger partial charge in [-0.25, -0.2) is 0 Å². The smallest absolute Gasteiger partial charge is 0.216 e. The van der Waals surface area contributed by atoms with Gasteiger partial charge in [0, 0.05) is 6.04 Å². The van der Waals surface area contributed by atoms with E-state index < -0.39 is 12.5 Å². The van der Waals surface area contributed by atoms with E-state index in [0.29, 0.717) is 19.6 Å². The lowest BCUT2D eigenvalue weighted by Crippen LogP contribution is -2.36. The standard InChI is InChI=1S/C13H19NO3/c1-10(11-5-3-2-4-6-11)14-13-16-8-7-12(15)9-17-13/h2-6,10,12-15H,7-9H2,1H3/t10-,12?,13?/m1/s1. The summed E-state index contributed by atoms with van der Waals surface area (Å²) in [7, 11) is 0. The Bertz CT molecular complexity index is 331. The molecule has 1 aliphatic rings. The Morgan fingerprint density at radius 1 is 1.29 bits per heavy atom. The van der Waals surface area contributed by atoms with E-state index in [0.717, 1.165) is 0 Å². The molecule has 3 atom stereocenters. The summed E-state index contributed by atoms with van der Waals surface area (Å²) in [5.41, 5.74) is 1.18. The van der Waals surface area contributed by atoms with Crippen LogP contribution in [0.4, 0.5) is 0 Å². The minimum atomic E-state index is -0.442. The zero-order valence-electron chi connectivity index (χ0n) is 10.0. The molecule has 1 saturated heterocycles. The van der Waals surface area contributed by atoms with Crippen LogP contribution < -0.4 is 5.32 Å². The van der Waals surface area contributed by atoms with E-state index in [9.17, 15) is 5.11 Å². The summed E-state index contributed by atoms with van der Waals surface area (Å²) in [6.45, 7) is 2.89. The van der Waals surface area contributed by atoms with Crippen molar-refractivity contribution < 1.29 is 14.6 Å². The Balaban J connectivity index is 1.88. The molecule has 2 N–H and O–H groups in total. The third-order valence-corrected chi connectivity index (χ3v) is 2.85. The van der Waals surface area contributed by atoms with Gasteiger partial charge in [-0.15, -0.1) is 0 Å². The van der Waals surface area contributed by atoms with Crippen molar-refractivity contribution in [2.45, 2.75) is 31.9 Å². The minimum Gasteiger partial charge on any atom is -0.391 e. The highest BCUT2D eigenvalue weighted by atomic mass is 16.7. The van der Waals surface area contributed by atoms with Gasteiger partial charge < -0.3 is 14.6 Å². The first-order chi connectivity index (χ1) is 8.25. The SMILES string of the molecule is C[C@@H](NC1OCCC(O)CO1)c1ccccc1. The van der Waals surface area contributed by atoms with Gasteiger partial charge in [-0.2, -0.15) is 0 Å². The van der Waals surface area contributed by atoms with Crippen LogP contribution in [-0.2, 0) is 9.47 Å². The van der Waals surface area contributed by atoms with Crippen molar-refractivity contribution in [1.82, 2.24) is 5.32 Å². The molecule has 17 heavy (non-hydrogen) atoms. The Labute approximate surface area is 102 Å². The number of ether oxygens (including phenoxy) is 2. The molecular formula is C13H19NO3. The van der Waals surface area contributed by atoms with E-state index >= 15 is 0 Å². The number of aliphatic hydroxyl groups excluding tert-OH is 1. The number of aliphatic hydroxyl groups is 1. The van der Waals surface area contributed by atoms with E-state index in [2.05, 4.69) is 24.4 Å². The molecule has 0 saturated carbocycles. The summed E-state index contributed by atoms with van der Waals surface area (Å²) in [5.74, 6) is 0. The van der Waals surface area contributed by atoms with Gasteiger partial charge in [0.1, 0.15) is 0 Å². The molecule has 2 rings (SSSR count). The second-order valence-corrected chi connectivity index (χ2v) is 4.28. The van der Waals surface area contributed by atoms with Gasteiger partial charge >= 0.3 is 0 Å². The number of hydrogen-bond donors (Lipinski definition) is 2. The van der Waals surface area contributed by atoms with Gasteiger partial charge in [0.15, 0.2) is 0 Å². The predicted octanol–water partition coefficient (Wildman–Crippen LogP) is 1.42. The first-order valence-corrected chi connectivity index (χ1v) is 5.98. The fourth-order valence-corrected chi connectivity index (χ4v) is 1.78. The molecule has 1 fully saturated rings. The Kier molecular flexibility index (Phi) is 4.50. The van der Waals surface area contributed by atoms with Crippen LogP contribution in [0.15, 0.2) is 30.3 Å². The summed E-state index contributed by atoms with van der Waals surface area (Å²) in [4.78, 5) is 0. The third kappa shape index (κ3) is 3.78.